The fourth-order valence-corrected chi connectivity index (χ4v) is 3.51. The van der Waals surface area contributed by atoms with Crippen molar-refractivity contribution in [2.75, 3.05) is 22.5 Å². The zero-order valence-electron chi connectivity index (χ0n) is 13.3. The predicted molar refractivity (Wildman–Crippen MR) is 95.6 cm³/mol. The third-order valence-electron chi connectivity index (χ3n) is 3.80. The molecule has 3 rings (SSSR count). The molecule has 0 atom stereocenters. The van der Waals surface area contributed by atoms with Crippen LogP contribution >= 0.6 is 11.8 Å². The van der Waals surface area contributed by atoms with E-state index in [2.05, 4.69) is 5.32 Å². The molecular formula is C18H18N2O3S. The fourth-order valence-electron chi connectivity index (χ4n) is 2.57. The molecule has 1 aliphatic heterocycles. The van der Waals surface area contributed by atoms with Crippen LogP contribution in [0.5, 0.6) is 5.75 Å². The first kappa shape index (κ1) is 16.4. The summed E-state index contributed by atoms with van der Waals surface area (Å²) in [6, 6.07) is 12.8. The summed E-state index contributed by atoms with van der Waals surface area (Å²) in [6.45, 7) is 2.18. The quantitative estimate of drug-likeness (QED) is 0.838. The molecule has 124 valence electrons. The third-order valence-corrected chi connectivity index (χ3v) is 4.85. The average molecular weight is 342 g/mol. The largest absolute Gasteiger partial charge is 0.506 e. The molecule has 0 fully saturated rings. The summed E-state index contributed by atoms with van der Waals surface area (Å²) in [6.07, 6.45) is 0.165. The van der Waals surface area contributed by atoms with Crippen molar-refractivity contribution in [2.45, 2.75) is 18.2 Å². The number of thioether (sulfide) groups is 1. The second kappa shape index (κ2) is 6.97. The van der Waals surface area contributed by atoms with Crippen LogP contribution in [-0.2, 0) is 9.59 Å². The summed E-state index contributed by atoms with van der Waals surface area (Å²) < 4.78 is 0. The standard InChI is InChI=1S/C18H18N2O3S/c1-12-6-7-13(15(21)10-12)19-17(22)8-9-20-14-4-2-3-5-16(14)24-11-18(20)23/h2-7,10,21H,8-9,11H2,1H3,(H,19,22). The van der Waals surface area contributed by atoms with Crippen molar-refractivity contribution in [3.8, 4) is 5.75 Å². The minimum atomic E-state index is -0.238. The number of amides is 2. The lowest BCUT2D eigenvalue weighted by atomic mass is 10.2. The first-order valence-corrected chi connectivity index (χ1v) is 8.65. The number of carbonyl (C=O) groups excluding carboxylic acids is 2. The Labute approximate surface area is 144 Å². The summed E-state index contributed by atoms with van der Waals surface area (Å²) >= 11 is 1.52. The van der Waals surface area contributed by atoms with Crippen molar-refractivity contribution < 1.29 is 14.7 Å². The number of aromatic hydroxyl groups is 1. The van der Waals surface area contributed by atoms with E-state index in [0.29, 0.717) is 18.0 Å². The Morgan fingerprint density at radius 1 is 1.29 bits per heavy atom. The van der Waals surface area contributed by atoms with Gasteiger partial charge in [0.05, 0.1) is 17.1 Å². The van der Waals surface area contributed by atoms with Crippen LogP contribution in [-0.4, -0.2) is 29.2 Å². The number of aryl methyl sites for hydroxylation is 1. The monoisotopic (exact) mass is 342 g/mol. The number of para-hydroxylation sites is 1. The summed E-state index contributed by atoms with van der Waals surface area (Å²) in [4.78, 5) is 27.0. The molecule has 1 aliphatic rings. The molecule has 0 saturated carbocycles. The number of rotatable bonds is 4. The van der Waals surface area contributed by atoms with Crippen LogP contribution < -0.4 is 10.2 Å². The van der Waals surface area contributed by atoms with Gasteiger partial charge >= 0.3 is 0 Å². The molecule has 6 heteroatoms. The smallest absolute Gasteiger partial charge is 0.237 e. The summed E-state index contributed by atoms with van der Waals surface area (Å²) in [5, 5.41) is 12.5. The molecule has 5 nitrogen and oxygen atoms in total. The van der Waals surface area contributed by atoms with Crippen LogP contribution in [0, 0.1) is 6.92 Å². The van der Waals surface area contributed by atoms with E-state index in [9.17, 15) is 14.7 Å². The number of anilines is 2. The van der Waals surface area contributed by atoms with Gasteiger partial charge in [-0.3, -0.25) is 9.59 Å². The summed E-state index contributed by atoms with van der Waals surface area (Å²) in [5.41, 5.74) is 2.15. The molecule has 0 saturated heterocycles. The van der Waals surface area contributed by atoms with Crippen LogP contribution in [0.15, 0.2) is 47.4 Å². The van der Waals surface area contributed by atoms with E-state index in [4.69, 9.17) is 0 Å². The van der Waals surface area contributed by atoms with Gasteiger partial charge in [0.2, 0.25) is 11.8 Å². The van der Waals surface area contributed by atoms with Crippen LogP contribution in [0.1, 0.15) is 12.0 Å². The van der Waals surface area contributed by atoms with Gasteiger partial charge in [0, 0.05) is 17.9 Å². The van der Waals surface area contributed by atoms with E-state index in [-0.39, 0.29) is 24.0 Å². The number of benzene rings is 2. The molecule has 24 heavy (non-hydrogen) atoms. The SMILES string of the molecule is Cc1ccc(NC(=O)CCN2C(=O)CSc3ccccc32)c(O)c1. The van der Waals surface area contributed by atoms with E-state index in [1.807, 2.05) is 37.3 Å². The van der Waals surface area contributed by atoms with Crippen LogP contribution in [0.2, 0.25) is 0 Å². The molecule has 0 aromatic heterocycles. The Bertz CT molecular complexity index is 792. The van der Waals surface area contributed by atoms with Gasteiger partial charge in [0.25, 0.3) is 0 Å². The van der Waals surface area contributed by atoms with Crippen molar-refractivity contribution in [2.24, 2.45) is 0 Å². The maximum atomic E-state index is 12.2. The number of hydrogen-bond donors (Lipinski definition) is 2. The molecule has 0 unspecified atom stereocenters. The van der Waals surface area contributed by atoms with Crippen LogP contribution in [0.4, 0.5) is 11.4 Å². The van der Waals surface area contributed by atoms with Gasteiger partial charge in [0.15, 0.2) is 0 Å². The molecule has 2 aromatic carbocycles. The fraction of sp³-hybridized carbons (Fsp3) is 0.222. The molecule has 2 N–H and O–H groups in total. The number of phenols is 1. The number of nitrogens with one attached hydrogen (secondary N) is 1. The first-order valence-electron chi connectivity index (χ1n) is 7.66. The lowest BCUT2D eigenvalue weighted by Gasteiger charge is -2.28. The minimum Gasteiger partial charge on any atom is -0.506 e. The maximum absolute atomic E-state index is 12.2. The molecule has 2 aromatic rings. The Hall–Kier alpha value is -2.47. The summed E-state index contributed by atoms with van der Waals surface area (Å²) in [5.74, 6) is 0.193. The van der Waals surface area contributed by atoms with Crippen LogP contribution in [0.3, 0.4) is 0 Å². The molecule has 0 spiro atoms. The van der Waals surface area contributed by atoms with E-state index in [1.165, 1.54) is 11.8 Å². The van der Waals surface area contributed by atoms with Crippen molar-refractivity contribution in [3.05, 3.63) is 48.0 Å². The Morgan fingerprint density at radius 2 is 2.08 bits per heavy atom. The number of nitrogens with zero attached hydrogens (tertiary/aromatic N) is 1. The maximum Gasteiger partial charge on any atom is 0.237 e. The highest BCUT2D eigenvalue weighted by atomic mass is 32.2. The number of hydrogen-bond acceptors (Lipinski definition) is 4. The van der Waals surface area contributed by atoms with E-state index >= 15 is 0 Å². The molecular weight excluding hydrogens is 324 g/mol. The highest BCUT2D eigenvalue weighted by molar-refractivity contribution is 8.00. The molecule has 0 aliphatic carbocycles. The molecule has 0 bridgehead atoms. The molecule has 1 heterocycles. The van der Waals surface area contributed by atoms with E-state index < -0.39 is 0 Å². The Balaban J connectivity index is 1.65. The van der Waals surface area contributed by atoms with E-state index in [1.54, 1.807) is 17.0 Å². The number of fused-ring (bicyclic) bond motifs is 1. The second-order valence-electron chi connectivity index (χ2n) is 5.62. The van der Waals surface area contributed by atoms with Gasteiger partial charge < -0.3 is 15.3 Å². The lowest BCUT2D eigenvalue weighted by molar-refractivity contribution is -0.117. The molecule has 0 radical (unpaired) electrons. The average Bonchev–Trinajstić information content (AvgIpc) is 2.56. The Kier molecular flexibility index (Phi) is 4.76. The zero-order valence-corrected chi connectivity index (χ0v) is 14.1. The second-order valence-corrected chi connectivity index (χ2v) is 6.64. The van der Waals surface area contributed by atoms with Gasteiger partial charge in [-0.05, 0) is 36.8 Å². The highest BCUT2D eigenvalue weighted by Gasteiger charge is 2.24. The van der Waals surface area contributed by atoms with Crippen molar-refractivity contribution >= 4 is 35.0 Å². The lowest BCUT2D eigenvalue weighted by Crippen LogP contribution is -2.37. The van der Waals surface area contributed by atoms with Gasteiger partial charge in [-0.25, -0.2) is 0 Å². The zero-order chi connectivity index (χ0) is 17.1. The van der Waals surface area contributed by atoms with E-state index in [0.717, 1.165) is 16.1 Å². The van der Waals surface area contributed by atoms with Crippen molar-refractivity contribution in [1.82, 2.24) is 0 Å². The number of phenolic OH excluding ortho intramolecular Hbond substituents is 1. The van der Waals surface area contributed by atoms with Gasteiger partial charge in [-0.2, -0.15) is 0 Å². The van der Waals surface area contributed by atoms with Crippen molar-refractivity contribution in [3.63, 3.8) is 0 Å². The predicted octanol–water partition coefficient (Wildman–Crippen LogP) is 3.17. The Morgan fingerprint density at radius 3 is 2.88 bits per heavy atom. The normalized spacial score (nSPS) is 13.5. The number of carbonyl (C=O) groups is 2. The van der Waals surface area contributed by atoms with Gasteiger partial charge in [0.1, 0.15) is 5.75 Å². The van der Waals surface area contributed by atoms with Crippen molar-refractivity contribution in [1.29, 1.82) is 0 Å². The minimum absolute atomic E-state index is 0.00434. The first-order chi connectivity index (χ1) is 11.5. The van der Waals surface area contributed by atoms with Crippen LogP contribution in [0.25, 0.3) is 0 Å². The topological polar surface area (TPSA) is 69.6 Å². The van der Waals surface area contributed by atoms with Gasteiger partial charge in [-0.15, -0.1) is 11.8 Å². The molecule has 2 amide bonds. The summed E-state index contributed by atoms with van der Waals surface area (Å²) in [7, 11) is 0. The highest BCUT2D eigenvalue weighted by Crippen LogP contribution is 2.35. The van der Waals surface area contributed by atoms with Gasteiger partial charge in [-0.1, -0.05) is 18.2 Å². The third kappa shape index (κ3) is 3.54.